The van der Waals surface area contributed by atoms with Crippen LogP contribution in [0.1, 0.15) is 11.1 Å². The van der Waals surface area contributed by atoms with Gasteiger partial charge in [0.05, 0.1) is 0 Å². The van der Waals surface area contributed by atoms with Crippen molar-refractivity contribution >= 4 is 43.8 Å². The molecular weight excluding hydrogens is 532 g/mol. The number of benzene rings is 3. The van der Waals surface area contributed by atoms with Crippen LogP contribution in [-0.4, -0.2) is 25.0 Å². The average molecular weight is 558 g/mol. The van der Waals surface area contributed by atoms with Crippen molar-refractivity contribution in [2.24, 2.45) is 32.9 Å². The van der Waals surface area contributed by atoms with E-state index >= 15 is 0 Å². The van der Waals surface area contributed by atoms with Crippen molar-refractivity contribution in [1.82, 2.24) is 0 Å². The Balaban J connectivity index is 1.89. The summed E-state index contributed by atoms with van der Waals surface area (Å²) >= 11 is 7.26. The Hall–Kier alpha value is -2.84. The number of hydrogen-bond donors (Lipinski definition) is 4. The van der Waals surface area contributed by atoms with Crippen LogP contribution < -0.4 is 22.9 Å². The van der Waals surface area contributed by atoms with Gasteiger partial charge in [0, 0.05) is 22.0 Å². The highest BCUT2D eigenvalue weighted by atomic mass is 79.9. The lowest BCUT2D eigenvalue weighted by Crippen LogP contribution is -2.23. The predicted molar refractivity (Wildman–Crippen MR) is 141 cm³/mol. The predicted octanol–water partition coefficient (Wildman–Crippen LogP) is 4.18. The van der Waals surface area contributed by atoms with Gasteiger partial charge in [-0.25, -0.2) is 0 Å². The fraction of sp³-hybridized carbons (Fsp3) is 0.167. The van der Waals surface area contributed by atoms with E-state index in [0.717, 1.165) is 55.2 Å². The second-order valence-electron chi connectivity index (χ2n) is 7.39. The molecule has 0 saturated carbocycles. The minimum atomic E-state index is 0.111. The Morgan fingerprint density at radius 3 is 1.44 bits per heavy atom. The third-order valence-corrected chi connectivity index (χ3v) is 5.75. The maximum Gasteiger partial charge on any atom is 0.185 e. The van der Waals surface area contributed by atoms with E-state index < -0.39 is 0 Å². The largest absolute Gasteiger partial charge is 0.370 e. The van der Waals surface area contributed by atoms with Gasteiger partial charge in [0.15, 0.2) is 11.9 Å². The molecular formula is C24H26Br2N6. The number of nitrogens with two attached hydrogens (primary N) is 4. The monoisotopic (exact) mass is 556 g/mol. The van der Waals surface area contributed by atoms with E-state index in [0.29, 0.717) is 13.1 Å². The summed E-state index contributed by atoms with van der Waals surface area (Å²) in [4.78, 5) is 8.17. The third-order valence-electron chi connectivity index (χ3n) is 4.83. The average Bonchev–Trinajstić information content (AvgIpc) is 2.72. The van der Waals surface area contributed by atoms with Crippen LogP contribution >= 0.6 is 31.9 Å². The summed E-state index contributed by atoms with van der Waals surface area (Å²) in [6.45, 7) is 1.11. The first-order valence-corrected chi connectivity index (χ1v) is 11.7. The molecule has 8 N–H and O–H groups in total. The first-order valence-electron chi connectivity index (χ1n) is 10.1. The number of guanidine groups is 2. The lowest BCUT2D eigenvalue weighted by atomic mass is 9.96. The number of aliphatic imine (C=N–C) groups is 2. The summed E-state index contributed by atoms with van der Waals surface area (Å²) in [5.74, 6) is 0.222. The van der Waals surface area contributed by atoms with Gasteiger partial charge in [-0.15, -0.1) is 0 Å². The second-order valence-corrected chi connectivity index (χ2v) is 9.22. The number of halogens is 2. The summed E-state index contributed by atoms with van der Waals surface area (Å²) in [5.41, 5.74) is 28.6. The van der Waals surface area contributed by atoms with Crippen LogP contribution in [0.25, 0.3) is 22.3 Å². The lowest BCUT2D eigenvalue weighted by molar-refractivity contribution is 0.962. The normalized spacial score (nSPS) is 10.6. The zero-order valence-electron chi connectivity index (χ0n) is 17.6. The highest BCUT2D eigenvalue weighted by Gasteiger charge is 2.07. The maximum atomic E-state index is 5.44. The highest BCUT2D eigenvalue weighted by molar-refractivity contribution is 9.10. The number of nitrogens with zero attached hydrogens (tertiary/aromatic N) is 2. The quantitative estimate of drug-likeness (QED) is 0.244. The molecule has 0 heterocycles. The number of rotatable bonds is 8. The summed E-state index contributed by atoms with van der Waals surface area (Å²) < 4.78 is 2.04. The van der Waals surface area contributed by atoms with Gasteiger partial charge in [0.25, 0.3) is 0 Å². The molecule has 0 fully saturated rings. The molecule has 0 bridgehead atoms. The van der Waals surface area contributed by atoms with Gasteiger partial charge in [0.1, 0.15) is 0 Å². The third kappa shape index (κ3) is 7.10. The fourth-order valence-electron chi connectivity index (χ4n) is 3.43. The molecule has 32 heavy (non-hydrogen) atoms. The zero-order valence-corrected chi connectivity index (χ0v) is 20.7. The Labute approximate surface area is 205 Å². The molecule has 3 aromatic rings. The molecule has 0 saturated heterocycles. The van der Waals surface area contributed by atoms with Gasteiger partial charge in [-0.3, -0.25) is 9.98 Å². The molecule has 0 amide bonds. The summed E-state index contributed by atoms with van der Waals surface area (Å²) in [5, 5.41) is 0. The fourth-order valence-corrected chi connectivity index (χ4v) is 4.51. The Bertz CT molecular complexity index is 1060. The molecule has 0 aromatic heterocycles. The van der Waals surface area contributed by atoms with Crippen molar-refractivity contribution in [2.45, 2.75) is 12.8 Å². The number of hydrogen-bond acceptors (Lipinski definition) is 2. The summed E-state index contributed by atoms with van der Waals surface area (Å²) in [6.07, 6.45) is 1.52. The molecule has 8 heteroatoms. The van der Waals surface area contributed by atoms with E-state index in [1.54, 1.807) is 0 Å². The maximum absolute atomic E-state index is 5.44. The topological polar surface area (TPSA) is 129 Å². The second kappa shape index (κ2) is 11.2. The van der Waals surface area contributed by atoms with E-state index in [2.05, 4.69) is 103 Å². The van der Waals surface area contributed by atoms with Gasteiger partial charge in [0.2, 0.25) is 0 Å². The molecule has 3 aromatic carbocycles. The first-order chi connectivity index (χ1) is 15.3. The lowest BCUT2D eigenvalue weighted by Gasteiger charge is -2.11. The molecule has 3 rings (SSSR count). The van der Waals surface area contributed by atoms with Crippen LogP contribution in [0.15, 0.2) is 79.6 Å². The molecule has 0 aliphatic heterocycles. The van der Waals surface area contributed by atoms with Crippen molar-refractivity contribution in [3.63, 3.8) is 0 Å². The molecule has 0 unspecified atom stereocenters. The summed E-state index contributed by atoms with van der Waals surface area (Å²) in [7, 11) is 0. The Morgan fingerprint density at radius 2 is 1.03 bits per heavy atom. The molecule has 6 nitrogen and oxygen atoms in total. The van der Waals surface area contributed by atoms with Crippen LogP contribution in [0.3, 0.4) is 0 Å². The Kier molecular flexibility index (Phi) is 8.30. The van der Waals surface area contributed by atoms with Crippen LogP contribution in [0.2, 0.25) is 0 Å². The molecule has 166 valence electrons. The van der Waals surface area contributed by atoms with E-state index in [-0.39, 0.29) is 11.9 Å². The van der Waals surface area contributed by atoms with Crippen molar-refractivity contribution in [1.29, 1.82) is 0 Å². The van der Waals surface area contributed by atoms with Crippen molar-refractivity contribution < 1.29 is 0 Å². The smallest absolute Gasteiger partial charge is 0.185 e. The van der Waals surface area contributed by atoms with Crippen molar-refractivity contribution in [2.75, 3.05) is 13.1 Å². The van der Waals surface area contributed by atoms with Crippen molar-refractivity contribution in [3.8, 4) is 22.3 Å². The minimum Gasteiger partial charge on any atom is -0.370 e. The zero-order chi connectivity index (χ0) is 23.1. The van der Waals surface area contributed by atoms with E-state index in [4.69, 9.17) is 22.9 Å². The minimum absolute atomic E-state index is 0.111. The van der Waals surface area contributed by atoms with Crippen LogP contribution in [0.5, 0.6) is 0 Å². The molecule has 0 aliphatic rings. The van der Waals surface area contributed by atoms with E-state index in [1.165, 1.54) is 0 Å². The first kappa shape index (κ1) is 23.8. The molecule has 0 aliphatic carbocycles. The molecule has 0 atom stereocenters. The van der Waals surface area contributed by atoms with E-state index in [9.17, 15) is 0 Å². The van der Waals surface area contributed by atoms with Gasteiger partial charge in [-0.05, 0) is 76.6 Å². The van der Waals surface area contributed by atoms with Crippen molar-refractivity contribution in [3.05, 3.63) is 80.7 Å². The van der Waals surface area contributed by atoms with Crippen LogP contribution in [0, 0.1) is 0 Å². The van der Waals surface area contributed by atoms with E-state index in [1.807, 2.05) is 0 Å². The van der Waals surface area contributed by atoms with Gasteiger partial charge in [-0.1, -0.05) is 62.2 Å². The molecule has 0 radical (unpaired) electrons. The van der Waals surface area contributed by atoms with Gasteiger partial charge in [-0.2, -0.15) is 0 Å². The SMILES string of the molecule is NC(N)=NCCc1cc(Br)cc(-c2cccc(-c3cc(Br)cc(CCN=C(N)N)c3)c2)c1. The van der Waals surface area contributed by atoms with Gasteiger partial charge >= 0.3 is 0 Å². The summed E-state index contributed by atoms with van der Waals surface area (Å²) in [6, 6.07) is 21.3. The highest BCUT2D eigenvalue weighted by Crippen LogP contribution is 2.31. The standard InChI is InChI=1S/C24H26Br2N6/c25-21-10-15(4-6-31-23(27)28)8-19(13-21)17-2-1-3-18(12-17)20-9-16(11-22(26)14-20)5-7-32-24(29)30/h1-3,8-14H,4-7H2,(H4,27,28,31)(H4,29,30,32). The molecule has 0 spiro atoms. The Morgan fingerprint density at radius 1 is 0.594 bits per heavy atom. The van der Waals surface area contributed by atoms with Gasteiger partial charge < -0.3 is 22.9 Å². The van der Waals surface area contributed by atoms with Crippen LogP contribution in [-0.2, 0) is 12.8 Å². The van der Waals surface area contributed by atoms with Crippen LogP contribution in [0.4, 0.5) is 0 Å².